The number of aryl methyl sites for hydroxylation is 1. The van der Waals surface area contributed by atoms with Crippen LogP contribution in [0.15, 0.2) is 30.3 Å². The molecule has 0 atom stereocenters. The van der Waals surface area contributed by atoms with Gasteiger partial charge in [-0.15, -0.1) is 0 Å². The number of aromatic nitrogens is 2. The van der Waals surface area contributed by atoms with Crippen LogP contribution in [0.4, 0.5) is 17.3 Å². The van der Waals surface area contributed by atoms with Gasteiger partial charge < -0.3 is 20.3 Å². The first kappa shape index (κ1) is 17.8. The molecule has 1 aromatic carbocycles. The molecular formula is C18H21N5O3. The zero-order valence-corrected chi connectivity index (χ0v) is 14.8. The third-order valence-electron chi connectivity index (χ3n) is 3.83. The van der Waals surface area contributed by atoms with Gasteiger partial charge in [-0.25, -0.2) is 9.97 Å². The van der Waals surface area contributed by atoms with Gasteiger partial charge in [-0.2, -0.15) is 0 Å². The number of ether oxygens (including phenoxy) is 1. The van der Waals surface area contributed by atoms with Crippen molar-refractivity contribution in [2.24, 2.45) is 0 Å². The smallest absolute Gasteiger partial charge is 0.272 e. The number of nitrogens with zero attached hydrogens (tertiary/aromatic N) is 3. The molecule has 136 valence electrons. The Labute approximate surface area is 151 Å². The summed E-state index contributed by atoms with van der Waals surface area (Å²) < 4.78 is 5.28. The van der Waals surface area contributed by atoms with Crippen LogP contribution in [0.25, 0.3) is 0 Å². The molecule has 0 aliphatic carbocycles. The number of benzene rings is 1. The third-order valence-corrected chi connectivity index (χ3v) is 3.83. The molecule has 3 rings (SSSR count). The second-order valence-electron chi connectivity index (χ2n) is 6.01. The van der Waals surface area contributed by atoms with Crippen LogP contribution in [0.5, 0.6) is 0 Å². The Kier molecular flexibility index (Phi) is 5.43. The van der Waals surface area contributed by atoms with Crippen LogP contribution in [-0.2, 0) is 9.53 Å². The van der Waals surface area contributed by atoms with E-state index in [4.69, 9.17) is 4.74 Å². The standard InChI is InChI=1S/C18H21N5O3/c1-12-11-16(17(25)23-7-9-26-10-8-23)22-18(19-12)21-15-5-3-14(4-6-15)20-13(2)24/h3-6,11H,7-10H2,1-2H3,(H,20,24)(H,19,21,22). The van der Waals surface area contributed by atoms with E-state index in [1.54, 1.807) is 35.2 Å². The van der Waals surface area contributed by atoms with Crippen molar-refractivity contribution in [2.75, 3.05) is 36.9 Å². The first-order valence-corrected chi connectivity index (χ1v) is 8.38. The zero-order valence-electron chi connectivity index (χ0n) is 14.8. The minimum Gasteiger partial charge on any atom is -0.378 e. The monoisotopic (exact) mass is 355 g/mol. The Hall–Kier alpha value is -3.00. The van der Waals surface area contributed by atoms with Gasteiger partial charge >= 0.3 is 0 Å². The van der Waals surface area contributed by atoms with E-state index in [-0.39, 0.29) is 11.8 Å². The summed E-state index contributed by atoms with van der Waals surface area (Å²) in [4.78, 5) is 34.1. The third kappa shape index (κ3) is 4.54. The fraction of sp³-hybridized carbons (Fsp3) is 0.333. The van der Waals surface area contributed by atoms with Crippen LogP contribution >= 0.6 is 0 Å². The molecule has 8 nitrogen and oxygen atoms in total. The van der Waals surface area contributed by atoms with Crippen molar-refractivity contribution in [1.82, 2.24) is 14.9 Å². The number of anilines is 3. The van der Waals surface area contributed by atoms with Gasteiger partial charge in [-0.05, 0) is 37.3 Å². The average Bonchev–Trinajstić information content (AvgIpc) is 2.62. The molecule has 2 aromatic rings. The Morgan fingerprint density at radius 1 is 1.08 bits per heavy atom. The van der Waals surface area contributed by atoms with Gasteiger partial charge in [0.05, 0.1) is 13.2 Å². The maximum absolute atomic E-state index is 12.6. The normalized spacial score (nSPS) is 14.0. The van der Waals surface area contributed by atoms with Crippen LogP contribution < -0.4 is 10.6 Å². The first-order valence-electron chi connectivity index (χ1n) is 8.38. The second-order valence-corrected chi connectivity index (χ2v) is 6.01. The van der Waals surface area contributed by atoms with E-state index in [1.807, 2.05) is 6.92 Å². The van der Waals surface area contributed by atoms with Crippen molar-refractivity contribution in [1.29, 1.82) is 0 Å². The number of amides is 2. The van der Waals surface area contributed by atoms with Gasteiger partial charge in [0.15, 0.2) is 0 Å². The van der Waals surface area contributed by atoms with Crippen molar-refractivity contribution in [3.63, 3.8) is 0 Å². The summed E-state index contributed by atoms with van der Waals surface area (Å²) >= 11 is 0. The van der Waals surface area contributed by atoms with Crippen molar-refractivity contribution in [3.8, 4) is 0 Å². The quantitative estimate of drug-likeness (QED) is 0.870. The summed E-state index contributed by atoms with van der Waals surface area (Å²) in [5.41, 5.74) is 2.52. The van der Waals surface area contributed by atoms with E-state index in [1.165, 1.54) is 6.92 Å². The van der Waals surface area contributed by atoms with Gasteiger partial charge in [-0.3, -0.25) is 9.59 Å². The van der Waals surface area contributed by atoms with Gasteiger partial charge in [0.25, 0.3) is 5.91 Å². The Bertz CT molecular complexity index is 801. The van der Waals surface area contributed by atoms with Crippen LogP contribution in [0.2, 0.25) is 0 Å². The molecule has 0 radical (unpaired) electrons. The summed E-state index contributed by atoms with van der Waals surface area (Å²) in [5, 5.41) is 5.80. The highest BCUT2D eigenvalue weighted by molar-refractivity contribution is 5.93. The van der Waals surface area contributed by atoms with Crippen LogP contribution in [0.1, 0.15) is 23.1 Å². The molecular weight excluding hydrogens is 334 g/mol. The predicted octanol–water partition coefficient (Wildman–Crippen LogP) is 1.96. The summed E-state index contributed by atoms with van der Waals surface area (Å²) in [6.07, 6.45) is 0. The molecule has 1 aliphatic rings. The molecule has 2 heterocycles. The van der Waals surface area contributed by atoms with E-state index in [2.05, 4.69) is 20.6 Å². The minimum absolute atomic E-state index is 0.122. The van der Waals surface area contributed by atoms with Crippen molar-refractivity contribution in [2.45, 2.75) is 13.8 Å². The van der Waals surface area contributed by atoms with Gasteiger partial charge in [0.2, 0.25) is 11.9 Å². The number of carbonyl (C=O) groups excluding carboxylic acids is 2. The number of rotatable bonds is 4. The van der Waals surface area contributed by atoms with Crippen molar-refractivity contribution < 1.29 is 14.3 Å². The van der Waals surface area contributed by atoms with E-state index >= 15 is 0 Å². The Morgan fingerprint density at radius 3 is 2.38 bits per heavy atom. The number of nitrogens with one attached hydrogen (secondary N) is 2. The number of morpholine rings is 1. The Morgan fingerprint density at radius 2 is 1.73 bits per heavy atom. The molecule has 2 N–H and O–H groups in total. The average molecular weight is 355 g/mol. The molecule has 0 spiro atoms. The molecule has 26 heavy (non-hydrogen) atoms. The molecule has 1 aliphatic heterocycles. The number of hydrogen-bond donors (Lipinski definition) is 2. The second kappa shape index (κ2) is 7.92. The van der Waals surface area contributed by atoms with E-state index in [9.17, 15) is 9.59 Å². The maximum Gasteiger partial charge on any atom is 0.272 e. The lowest BCUT2D eigenvalue weighted by Gasteiger charge is -2.26. The van der Waals surface area contributed by atoms with Crippen molar-refractivity contribution in [3.05, 3.63) is 41.7 Å². The largest absolute Gasteiger partial charge is 0.378 e. The number of carbonyl (C=O) groups is 2. The summed E-state index contributed by atoms with van der Waals surface area (Å²) in [5.74, 6) is 0.107. The molecule has 1 aromatic heterocycles. The van der Waals surface area contributed by atoms with E-state index in [0.29, 0.717) is 49.3 Å². The molecule has 2 amide bonds. The van der Waals surface area contributed by atoms with Gasteiger partial charge in [-0.1, -0.05) is 0 Å². The lowest BCUT2D eigenvalue weighted by Crippen LogP contribution is -2.41. The molecule has 0 unspecified atom stereocenters. The fourth-order valence-electron chi connectivity index (χ4n) is 2.63. The van der Waals surface area contributed by atoms with E-state index < -0.39 is 0 Å². The zero-order chi connectivity index (χ0) is 18.5. The van der Waals surface area contributed by atoms with Crippen LogP contribution in [0.3, 0.4) is 0 Å². The highest BCUT2D eigenvalue weighted by atomic mass is 16.5. The van der Waals surface area contributed by atoms with Crippen molar-refractivity contribution >= 4 is 29.1 Å². The molecule has 1 saturated heterocycles. The molecule has 0 bridgehead atoms. The SMILES string of the molecule is CC(=O)Nc1ccc(Nc2nc(C)cc(C(=O)N3CCOCC3)n2)cc1. The lowest BCUT2D eigenvalue weighted by molar-refractivity contribution is -0.114. The van der Waals surface area contributed by atoms with Crippen LogP contribution in [0, 0.1) is 6.92 Å². The van der Waals surface area contributed by atoms with Gasteiger partial charge in [0.1, 0.15) is 5.69 Å². The predicted molar refractivity (Wildman–Crippen MR) is 97.5 cm³/mol. The van der Waals surface area contributed by atoms with Crippen LogP contribution in [-0.4, -0.2) is 53.0 Å². The lowest BCUT2D eigenvalue weighted by atomic mass is 10.2. The highest BCUT2D eigenvalue weighted by Gasteiger charge is 2.20. The summed E-state index contributed by atoms with van der Waals surface area (Å²) in [6.45, 7) is 5.50. The Balaban J connectivity index is 1.74. The maximum atomic E-state index is 12.6. The first-order chi connectivity index (χ1) is 12.5. The number of hydrogen-bond acceptors (Lipinski definition) is 6. The molecule has 8 heteroatoms. The summed E-state index contributed by atoms with van der Waals surface area (Å²) in [7, 11) is 0. The topological polar surface area (TPSA) is 96.5 Å². The highest BCUT2D eigenvalue weighted by Crippen LogP contribution is 2.18. The molecule has 0 saturated carbocycles. The molecule has 1 fully saturated rings. The van der Waals surface area contributed by atoms with Gasteiger partial charge in [0, 0.05) is 37.1 Å². The summed E-state index contributed by atoms with van der Waals surface area (Å²) in [6, 6.07) is 8.85. The van der Waals surface area contributed by atoms with E-state index in [0.717, 1.165) is 5.69 Å². The fourth-order valence-corrected chi connectivity index (χ4v) is 2.63. The minimum atomic E-state index is -0.126.